The van der Waals surface area contributed by atoms with Crippen LogP contribution in [0.15, 0.2) is 33.6 Å². The summed E-state index contributed by atoms with van der Waals surface area (Å²) in [6.07, 6.45) is -3.87. The van der Waals surface area contributed by atoms with E-state index in [0.29, 0.717) is 37.3 Å². The molecule has 0 aliphatic carbocycles. The standard InChI is InChI=1S/C17H17F3N4O4S/c18-17(19,20)10-24-14(25)9-23(16(24)26)11-5-7-22(8-6-11)15-12-3-1-2-4-13(12)29(27,28)21-15/h1-4,11H,5-10H2. The van der Waals surface area contributed by atoms with Gasteiger partial charge in [-0.15, -0.1) is 4.40 Å². The number of rotatable bonds is 2. The molecule has 8 nitrogen and oxygen atoms in total. The van der Waals surface area contributed by atoms with E-state index in [-0.39, 0.29) is 16.3 Å². The summed E-state index contributed by atoms with van der Waals surface area (Å²) in [6, 6.07) is 5.15. The Hall–Kier alpha value is -2.63. The maximum Gasteiger partial charge on any atom is 0.406 e. The van der Waals surface area contributed by atoms with E-state index in [1.165, 1.54) is 11.0 Å². The number of amides is 3. The van der Waals surface area contributed by atoms with Crippen LogP contribution in [0.1, 0.15) is 18.4 Å². The maximum atomic E-state index is 12.6. The van der Waals surface area contributed by atoms with Crippen LogP contribution in [0.25, 0.3) is 0 Å². The number of fused-ring (bicyclic) bond motifs is 1. The van der Waals surface area contributed by atoms with Gasteiger partial charge in [-0.2, -0.15) is 21.6 Å². The summed E-state index contributed by atoms with van der Waals surface area (Å²) in [5.74, 6) is -0.531. The van der Waals surface area contributed by atoms with Gasteiger partial charge in [0.15, 0.2) is 5.84 Å². The highest BCUT2D eigenvalue weighted by atomic mass is 32.2. The van der Waals surface area contributed by atoms with Crippen molar-refractivity contribution in [2.24, 2.45) is 4.40 Å². The highest BCUT2D eigenvalue weighted by Crippen LogP contribution is 2.30. The average Bonchev–Trinajstić information content (AvgIpc) is 3.09. The zero-order valence-corrected chi connectivity index (χ0v) is 15.9. The quantitative estimate of drug-likeness (QED) is 0.662. The molecule has 1 aromatic rings. The number of imide groups is 1. The first-order chi connectivity index (χ1) is 13.6. The van der Waals surface area contributed by atoms with E-state index in [0.717, 1.165) is 0 Å². The second-order valence-electron chi connectivity index (χ2n) is 7.11. The smallest absolute Gasteiger partial charge is 0.355 e. The Balaban J connectivity index is 1.45. The van der Waals surface area contributed by atoms with E-state index in [9.17, 15) is 31.2 Å². The third-order valence-electron chi connectivity index (χ3n) is 5.24. The van der Waals surface area contributed by atoms with Crippen molar-refractivity contribution < 1.29 is 31.2 Å². The van der Waals surface area contributed by atoms with Crippen LogP contribution in [0, 0.1) is 0 Å². The zero-order chi connectivity index (χ0) is 21.0. The third kappa shape index (κ3) is 3.56. The van der Waals surface area contributed by atoms with Crippen LogP contribution in [0.5, 0.6) is 0 Å². The zero-order valence-electron chi connectivity index (χ0n) is 15.1. The van der Waals surface area contributed by atoms with Crippen molar-refractivity contribution in [3.8, 4) is 0 Å². The second-order valence-corrected chi connectivity index (χ2v) is 8.68. The predicted molar refractivity (Wildman–Crippen MR) is 94.6 cm³/mol. The van der Waals surface area contributed by atoms with Gasteiger partial charge in [0.1, 0.15) is 18.0 Å². The first-order valence-corrected chi connectivity index (χ1v) is 10.4. The summed E-state index contributed by atoms with van der Waals surface area (Å²) in [7, 11) is -3.75. The summed E-state index contributed by atoms with van der Waals surface area (Å²) < 4.78 is 66.1. The van der Waals surface area contributed by atoms with Crippen molar-refractivity contribution in [1.29, 1.82) is 0 Å². The summed E-state index contributed by atoms with van der Waals surface area (Å²) in [5.41, 5.74) is 0.509. The van der Waals surface area contributed by atoms with Crippen molar-refractivity contribution in [3.05, 3.63) is 29.8 Å². The van der Waals surface area contributed by atoms with Crippen molar-refractivity contribution >= 4 is 27.8 Å². The van der Waals surface area contributed by atoms with Crippen molar-refractivity contribution in [3.63, 3.8) is 0 Å². The average molecular weight is 430 g/mol. The third-order valence-corrected chi connectivity index (χ3v) is 6.56. The van der Waals surface area contributed by atoms with E-state index in [2.05, 4.69) is 4.40 Å². The molecule has 0 aromatic heterocycles. The molecular weight excluding hydrogens is 413 g/mol. The van der Waals surface area contributed by atoms with Gasteiger partial charge in [-0.1, -0.05) is 12.1 Å². The normalized spacial score (nSPS) is 22.3. The van der Waals surface area contributed by atoms with E-state index < -0.39 is 40.7 Å². The van der Waals surface area contributed by atoms with Crippen molar-refractivity contribution in [2.45, 2.75) is 30.0 Å². The van der Waals surface area contributed by atoms with Gasteiger partial charge in [-0.05, 0) is 25.0 Å². The van der Waals surface area contributed by atoms with Crippen LogP contribution < -0.4 is 0 Å². The highest BCUT2D eigenvalue weighted by molar-refractivity contribution is 7.90. The lowest BCUT2D eigenvalue weighted by molar-refractivity contribution is -0.151. The highest BCUT2D eigenvalue weighted by Gasteiger charge is 2.46. The summed E-state index contributed by atoms with van der Waals surface area (Å²) in [5, 5.41) is 0. The van der Waals surface area contributed by atoms with E-state index >= 15 is 0 Å². The number of halogens is 3. The molecule has 0 bridgehead atoms. The molecule has 0 atom stereocenters. The number of alkyl halides is 3. The van der Waals surface area contributed by atoms with Gasteiger partial charge >= 0.3 is 12.2 Å². The number of benzene rings is 1. The molecule has 12 heteroatoms. The molecule has 156 valence electrons. The Bertz CT molecular complexity index is 1000. The Morgan fingerprint density at radius 1 is 1.10 bits per heavy atom. The van der Waals surface area contributed by atoms with Crippen molar-refractivity contribution in [2.75, 3.05) is 26.2 Å². The van der Waals surface area contributed by atoms with E-state index in [4.69, 9.17) is 0 Å². The van der Waals surface area contributed by atoms with E-state index in [1.807, 2.05) is 0 Å². The van der Waals surface area contributed by atoms with Crippen LogP contribution in [-0.4, -0.2) is 79.3 Å². The number of hydrogen-bond acceptors (Lipinski definition) is 5. The fourth-order valence-corrected chi connectivity index (χ4v) is 5.11. The van der Waals surface area contributed by atoms with Gasteiger partial charge < -0.3 is 9.80 Å². The van der Waals surface area contributed by atoms with Gasteiger partial charge in [0.2, 0.25) is 0 Å². The summed E-state index contributed by atoms with van der Waals surface area (Å²) in [6.45, 7) is -1.24. The number of sulfonamides is 1. The predicted octanol–water partition coefficient (Wildman–Crippen LogP) is 1.43. The molecule has 2 fully saturated rings. The number of likely N-dealkylation sites (tertiary alicyclic amines) is 1. The fraction of sp³-hybridized carbons (Fsp3) is 0.471. The fourth-order valence-electron chi connectivity index (χ4n) is 3.89. The van der Waals surface area contributed by atoms with Gasteiger partial charge in [-0.25, -0.2) is 4.79 Å². The lowest BCUT2D eigenvalue weighted by atomic mass is 10.0. The lowest BCUT2D eigenvalue weighted by Crippen LogP contribution is -2.48. The molecule has 3 heterocycles. The molecule has 2 saturated heterocycles. The Labute approximate surface area is 164 Å². The molecule has 4 rings (SSSR count). The minimum Gasteiger partial charge on any atom is -0.355 e. The van der Waals surface area contributed by atoms with Crippen LogP contribution in [-0.2, 0) is 14.8 Å². The monoisotopic (exact) mass is 430 g/mol. The molecule has 0 unspecified atom stereocenters. The molecule has 3 aliphatic heterocycles. The van der Waals surface area contributed by atoms with E-state index in [1.54, 1.807) is 23.1 Å². The number of amidine groups is 1. The second kappa shape index (κ2) is 6.71. The summed E-state index contributed by atoms with van der Waals surface area (Å²) in [4.78, 5) is 27.5. The molecule has 1 aromatic carbocycles. The number of carbonyl (C=O) groups excluding carboxylic acids is 2. The van der Waals surface area contributed by atoms with Crippen molar-refractivity contribution in [1.82, 2.24) is 14.7 Å². The van der Waals surface area contributed by atoms with Crippen LogP contribution in [0.2, 0.25) is 0 Å². The molecular formula is C17H17F3N4O4S. The lowest BCUT2D eigenvalue weighted by Gasteiger charge is -2.37. The van der Waals surface area contributed by atoms with Gasteiger partial charge in [0.25, 0.3) is 15.9 Å². The van der Waals surface area contributed by atoms with Crippen LogP contribution in [0.3, 0.4) is 0 Å². The number of piperidine rings is 1. The largest absolute Gasteiger partial charge is 0.406 e. The maximum absolute atomic E-state index is 12.6. The topological polar surface area (TPSA) is 90.4 Å². The van der Waals surface area contributed by atoms with Crippen LogP contribution >= 0.6 is 0 Å². The summed E-state index contributed by atoms with van der Waals surface area (Å²) >= 11 is 0. The minimum atomic E-state index is -4.65. The molecule has 0 N–H and O–H groups in total. The molecule has 0 radical (unpaired) electrons. The number of nitrogens with zero attached hydrogens (tertiary/aromatic N) is 4. The number of hydrogen-bond donors (Lipinski definition) is 0. The molecule has 0 spiro atoms. The molecule has 3 aliphatic rings. The van der Waals surface area contributed by atoms with Gasteiger partial charge in [0, 0.05) is 24.7 Å². The number of urea groups is 1. The minimum absolute atomic E-state index is 0.139. The van der Waals surface area contributed by atoms with Crippen LogP contribution in [0.4, 0.5) is 18.0 Å². The first kappa shape index (κ1) is 19.7. The Kier molecular flexibility index (Phi) is 4.56. The molecule has 3 amide bonds. The SMILES string of the molecule is O=C1CN(C2CCN(C3=NS(=O)(=O)c4ccccc43)CC2)C(=O)N1CC(F)(F)F. The first-order valence-electron chi connectivity index (χ1n) is 8.94. The molecule has 29 heavy (non-hydrogen) atoms. The van der Waals surface area contributed by atoms with Gasteiger partial charge in [-0.3, -0.25) is 9.69 Å². The Morgan fingerprint density at radius 2 is 1.76 bits per heavy atom. The number of carbonyl (C=O) groups is 2. The Morgan fingerprint density at radius 3 is 2.41 bits per heavy atom. The molecule has 0 saturated carbocycles. The van der Waals surface area contributed by atoms with Gasteiger partial charge in [0.05, 0.1) is 0 Å².